The molecule has 3 aliphatic rings. The van der Waals surface area contributed by atoms with Crippen molar-refractivity contribution in [2.45, 2.75) is 6.54 Å². The number of ether oxygens (including phenoxy) is 2. The Bertz CT molecular complexity index is 988. The normalized spacial score (nSPS) is 19.4. The molecule has 4 heterocycles. The summed E-state index contributed by atoms with van der Waals surface area (Å²) in [5.41, 5.74) is 1.18. The third-order valence-electron chi connectivity index (χ3n) is 6.28. The van der Waals surface area contributed by atoms with Gasteiger partial charge < -0.3 is 24.2 Å². The average molecular weight is 441 g/mol. The maximum atomic E-state index is 12.0. The van der Waals surface area contributed by atoms with Crippen molar-refractivity contribution in [2.24, 2.45) is 0 Å². The van der Waals surface area contributed by atoms with Gasteiger partial charge in [0.2, 0.25) is 18.4 Å². The van der Waals surface area contributed by atoms with E-state index >= 15 is 0 Å². The van der Waals surface area contributed by atoms with Crippen LogP contribution >= 0.6 is 0 Å². The first-order chi connectivity index (χ1) is 15.6. The van der Waals surface area contributed by atoms with Gasteiger partial charge in [-0.1, -0.05) is 6.07 Å². The van der Waals surface area contributed by atoms with E-state index in [0.717, 1.165) is 62.9 Å². The van der Waals surface area contributed by atoms with Crippen molar-refractivity contribution in [1.29, 1.82) is 0 Å². The minimum atomic E-state index is -0.331. The van der Waals surface area contributed by atoms with Crippen LogP contribution in [-0.4, -0.2) is 90.9 Å². The molecular weight excluding hydrogens is 414 g/mol. The summed E-state index contributed by atoms with van der Waals surface area (Å²) in [6.45, 7) is 7.14. The number of hydrogen-bond donors (Lipinski definition) is 0. The fraction of sp³-hybridized carbons (Fsp3) is 0.524. The SMILES string of the molecule is CN1CCN(c2ncnc(N3CCN(Cc4ccc5c(c4)OCO5)CC3)c2[N+](=O)[O-])CC1. The highest BCUT2D eigenvalue weighted by Crippen LogP contribution is 2.35. The molecule has 0 amide bonds. The van der Waals surface area contributed by atoms with Gasteiger partial charge in [-0.3, -0.25) is 15.0 Å². The van der Waals surface area contributed by atoms with E-state index in [1.807, 2.05) is 21.9 Å². The lowest BCUT2D eigenvalue weighted by Crippen LogP contribution is -2.47. The number of piperazine rings is 2. The molecule has 0 unspecified atom stereocenters. The maximum Gasteiger partial charge on any atom is 0.353 e. The molecule has 170 valence electrons. The molecule has 11 nitrogen and oxygen atoms in total. The number of fused-ring (bicyclic) bond motifs is 1. The van der Waals surface area contributed by atoms with Gasteiger partial charge in [0.25, 0.3) is 0 Å². The zero-order valence-corrected chi connectivity index (χ0v) is 18.1. The average Bonchev–Trinajstić information content (AvgIpc) is 3.27. The summed E-state index contributed by atoms with van der Waals surface area (Å²) in [6, 6.07) is 6.02. The number of likely N-dealkylation sites (N-methyl/N-ethyl adjacent to an activating group) is 1. The minimum absolute atomic E-state index is 0.0151. The predicted octanol–water partition coefficient (Wildman–Crippen LogP) is 1.19. The van der Waals surface area contributed by atoms with Crippen LogP contribution in [0.3, 0.4) is 0 Å². The molecule has 5 rings (SSSR count). The molecule has 1 aromatic carbocycles. The van der Waals surface area contributed by atoms with Crippen LogP contribution in [0.1, 0.15) is 5.56 Å². The number of nitrogens with zero attached hydrogens (tertiary/aromatic N) is 7. The van der Waals surface area contributed by atoms with Gasteiger partial charge in [-0.15, -0.1) is 0 Å². The van der Waals surface area contributed by atoms with Crippen LogP contribution in [0.2, 0.25) is 0 Å². The van der Waals surface area contributed by atoms with E-state index in [-0.39, 0.29) is 17.4 Å². The van der Waals surface area contributed by atoms with E-state index < -0.39 is 0 Å². The highest BCUT2D eigenvalue weighted by molar-refractivity contribution is 5.71. The summed E-state index contributed by atoms with van der Waals surface area (Å²) >= 11 is 0. The Kier molecular flexibility index (Phi) is 5.66. The monoisotopic (exact) mass is 441 g/mol. The number of rotatable bonds is 5. The number of nitro groups is 1. The highest BCUT2D eigenvalue weighted by atomic mass is 16.7. The van der Waals surface area contributed by atoms with Crippen LogP contribution in [0.4, 0.5) is 17.3 Å². The largest absolute Gasteiger partial charge is 0.454 e. The number of aromatic nitrogens is 2. The lowest BCUT2D eigenvalue weighted by atomic mass is 10.1. The lowest BCUT2D eigenvalue weighted by molar-refractivity contribution is -0.383. The molecule has 0 bridgehead atoms. The minimum Gasteiger partial charge on any atom is -0.454 e. The van der Waals surface area contributed by atoms with Crippen molar-refractivity contribution in [2.75, 3.05) is 76.0 Å². The van der Waals surface area contributed by atoms with Crippen molar-refractivity contribution in [3.63, 3.8) is 0 Å². The molecule has 0 aliphatic carbocycles. The molecule has 0 N–H and O–H groups in total. The molecule has 0 saturated carbocycles. The first-order valence-electron chi connectivity index (χ1n) is 10.9. The molecule has 0 spiro atoms. The van der Waals surface area contributed by atoms with Gasteiger partial charge >= 0.3 is 5.69 Å². The Morgan fingerprint density at radius 2 is 1.56 bits per heavy atom. The van der Waals surface area contributed by atoms with Crippen LogP contribution in [0.5, 0.6) is 11.5 Å². The Morgan fingerprint density at radius 3 is 2.22 bits per heavy atom. The molecule has 11 heteroatoms. The van der Waals surface area contributed by atoms with Crippen LogP contribution in [0.25, 0.3) is 0 Å². The Morgan fingerprint density at radius 1 is 0.938 bits per heavy atom. The molecule has 2 aromatic rings. The summed E-state index contributed by atoms with van der Waals surface area (Å²) in [4.78, 5) is 28.9. The van der Waals surface area contributed by atoms with E-state index in [9.17, 15) is 10.1 Å². The second-order valence-electron chi connectivity index (χ2n) is 8.37. The van der Waals surface area contributed by atoms with Crippen molar-refractivity contribution < 1.29 is 14.4 Å². The van der Waals surface area contributed by atoms with Crippen LogP contribution < -0.4 is 19.3 Å². The summed E-state index contributed by atoms with van der Waals surface area (Å²) in [7, 11) is 2.06. The molecule has 0 radical (unpaired) electrons. The molecular formula is C21H27N7O4. The zero-order chi connectivity index (χ0) is 22.1. The number of benzene rings is 1. The highest BCUT2D eigenvalue weighted by Gasteiger charge is 2.32. The predicted molar refractivity (Wildman–Crippen MR) is 118 cm³/mol. The van der Waals surface area contributed by atoms with Gasteiger partial charge in [0, 0.05) is 58.9 Å². The topological polar surface area (TPSA) is 100 Å². The summed E-state index contributed by atoms with van der Waals surface area (Å²) in [5.74, 6) is 2.41. The van der Waals surface area contributed by atoms with Crippen LogP contribution in [0, 0.1) is 10.1 Å². The van der Waals surface area contributed by atoms with E-state index in [4.69, 9.17) is 9.47 Å². The van der Waals surface area contributed by atoms with E-state index in [2.05, 4.69) is 32.9 Å². The third-order valence-corrected chi connectivity index (χ3v) is 6.28. The standard InChI is InChI=1S/C21H27N7O4/c1-24-4-8-26(9-5-24)20-19(28(29)30)21(23-14-22-20)27-10-6-25(7-11-27)13-16-2-3-17-18(12-16)32-15-31-17/h2-3,12,14H,4-11,13,15H2,1H3. The Labute approximate surface area is 186 Å². The lowest BCUT2D eigenvalue weighted by Gasteiger charge is -2.36. The first-order valence-corrected chi connectivity index (χ1v) is 10.9. The second-order valence-corrected chi connectivity index (χ2v) is 8.37. The van der Waals surface area contributed by atoms with Crippen molar-refractivity contribution in [1.82, 2.24) is 19.8 Å². The van der Waals surface area contributed by atoms with Gasteiger partial charge in [-0.05, 0) is 24.7 Å². The Hall–Kier alpha value is -3.18. The zero-order valence-electron chi connectivity index (χ0n) is 18.1. The van der Waals surface area contributed by atoms with Crippen molar-refractivity contribution in [3.8, 4) is 11.5 Å². The summed E-state index contributed by atoms with van der Waals surface area (Å²) in [6.07, 6.45) is 1.45. The molecule has 0 atom stereocenters. The summed E-state index contributed by atoms with van der Waals surface area (Å²) < 4.78 is 10.9. The van der Waals surface area contributed by atoms with Gasteiger partial charge in [0.1, 0.15) is 6.33 Å². The Balaban J connectivity index is 1.28. The molecule has 1 aromatic heterocycles. The number of anilines is 2. The second kappa shape index (κ2) is 8.75. The quantitative estimate of drug-likeness (QED) is 0.497. The van der Waals surface area contributed by atoms with Gasteiger partial charge in [0.15, 0.2) is 11.5 Å². The third kappa shape index (κ3) is 4.13. The fourth-order valence-corrected chi connectivity index (χ4v) is 4.42. The number of hydrogen-bond acceptors (Lipinski definition) is 10. The van der Waals surface area contributed by atoms with Crippen LogP contribution in [0.15, 0.2) is 24.5 Å². The van der Waals surface area contributed by atoms with E-state index in [0.29, 0.717) is 24.7 Å². The molecule has 2 saturated heterocycles. The summed E-state index contributed by atoms with van der Waals surface area (Å²) in [5, 5.41) is 12.0. The fourth-order valence-electron chi connectivity index (χ4n) is 4.42. The van der Waals surface area contributed by atoms with Gasteiger partial charge in [-0.2, -0.15) is 0 Å². The van der Waals surface area contributed by atoms with Crippen LogP contribution in [-0.2, 0) is 6.54 Å². The van der Waals surface area contributed by atoms with Gasteiger partial charge in [0.05, 0.1) is 4.92 Å². The van der Waals surface area contributed by atoms with Crippen molar-refractivity contribution >= 4 is 17.3 Å². The maximum absolute atomic E-state index is 12.0. The molecule has 3 aliphatic heterocycles. The van der Waals surface area contributed by atoms with E-state index in [1.165, 1.54) is 6.33 Å². The smallest absolute Gasteiger partial charge is 0.353 e. The molecule has 32 heavy (non-hydrogen) atoms. The van der Waals surface area contributed by atoms with E-state index in [1.54, 1.807) is 0 Å². The first kappa shape index (κ1) is 20.7. The molecule has 2 fully saturated rings. The van der Waals surface area contributed by atoms with Gasteiger partial charge in [-0.25, -0.2) is 9.97 Å². The van der Waals surface area contributed by atoms with Crippen molar-refractivity contribution in [3.05, 3.63) is 40.2 Å².